The van der Waals surface area contributed by atoms with Gasteiger partial charge >= 0.3 is 6.01 Å². The Labute approximate surface area is 86.9 Å². The van der Waals surface area contributed by atoms with E-state index in [0.29, 0.717) is 18.7 Å². The predicted octanol–water partition coefficient (Wildman–Crippen LogP) is -0.128. The molecule has 0 saturated heterocycles. The predicted molar refractivity (Wildman–Crippen MR) is 55.1 cm³/mol. The van der Waals surface area contributed by atoms with E-state index in [9.17, 15) is 0 Å². The van der Waals surface area contributed by atoms with E-state index in [1.807, 2.05) is 0 Å². The molecular weight excluding hydrogens is 202 g/mol. The number of hydrogen-bond donors (Lipinski definition) is 2. The molecule has 1 heterocycles. The summed E-state index contributed by atoms with van der Waals surface area (Å²) < 4.78 is 5.14. The van der Waals surface area contributed by atoms with Crippen molar-refractivity contribution in [3.63, 3.8) is 0 Å². The number of ether oxygens (including phenoxy) is 1. The van der Waals surface area contributed by atoms with Crippen LogP contribution >= 0.6 is 12.2 Å². The summed E-state index contributed by atoms with van der Waals surface area (Å²) in [6.07, 6.45) is 2.07. The molecule has 0 aliphatic rings. The van der Waals surface area contributed by atoms with E-state index >= 15 is 0 Å². The van der Waals surface area contributed by atoms with E-state index in [1.165, 1.54) is 6.20 Å². The van der Waals surface area contributed by atoms with E-state index in [0.717, 1.165) is 0 Å². The Hall–Kier alpha value is -1.27. The van der Waals surface area contributed by atoms with Crippen LogP contribution in [0.25, 0.3) is 0 Å². The molecule has 1 rings (SSSR count). The van der Waals surface area contributed by atoms with Gasteiger partial charge in [0.1, 0.15) is 10.7 Å². The van der Waals surface area contributed by atoms with Gasteiger partial charge in [-0.05, 0) is 6.07 Å². The Morgan fingerprint density at radius 2 is 2.43 bits per heavy atom. The van der Waals surface area contributed by atoms with Gasteiger partial charge in [-0.1, -0.05) is 12.2 Å². The van der Waals surface area contributed by atoms with Crippen LogP contribution in [0.15, 0.2) is 12.3 Å². The summed E-state index contributed by atoms with van der Waals surface area (Å²) in [4.78, 5) is 8.03. The third-order valence-corrected chi connectivity index (χ3v) is 1.63. The van der Waals surface area contributed by atoms with Crippen molar-refractivity contribution in [2.24, 2.45) is 5.73 Å². The molecule has 6 heteroatoms. The lowest BCUT2D eigenvalue weighted by Crippen LogP contribution is -2.13. The van der Waals surface area contributed by atoms with E-state index < -0.39 is 0 Å². The number of rotatable bonds is 5. The monoisotopic (exact) mass is 213 g/mol. The molecule has 1 aromatic rings. The second-order valence-electron chi connectivity index (χ2n) is 2.51. The number of aliphatic hydroxyl groups excluding tert-OH is 1. The van der Waals surface area contributed by atoms with Crippen LogP contribution in [0, 0.1) is 0 Å². The van der Waals surface area contributed by atoms with Gasteiger partial charge in [0.2, 0.25) is 0 Å². The lowest BCUT2D eigenvalue weighted by molar-refractivity contribution is 0.224. The fourth-order valence-electron chi connectivity index (χ4n) is 0.776. The lowest BCUT2D eigenvalue weighted by atomic mass is 10.4. The van der Waals surface area contributed by atoms with Gasteiger partial charge < -0.3 is 15.6 Å². The Morgan fingerprint density at radius 1 is 1.64 bits per heavy atom. The molecule has 76 valence electrons. The molecule has 5 nitrogen and oxygen atoms in total. The summed E-state index contributed by atoms with van der Waals surface area (Å²) in [6.45, 7) is 0.451. The van der Waals surface area contributed by atoms with Crippen LogP contribution in [0.1, 0.15) is 12.1 Å². The number of nitrogens with zero attached hydrogens (tertiary/aromatic N) is 2. The van der Waals surface area contributed by atoms with E-state index in [4.69, 9.17) is 27.8 Å². The van der Waals surface area contributed by atoms with Gasteiger partial charge in [-0.3, -0.25) is 0 Å². The summed E-state index contributed by atoms with van der Waals surface area (Å²) in [7, 11) is 0. The Morgan fingerprint density at radius 3 is 3.07 bits per heavy atom. The highest BCUT2D eigenvalue weighted by molar-refractivity contribution is 7.80. The van der Waals surface area contributed by atoms with Crippen LogP contribution in [0.3, 0.4) is 0 Å². The lowest BCUT2D eigenvalue weighted by Gasteiger charge is -2.03. The van der Waals surface area contributed by atoms with Crippen molar-refractivity contribution < 1.29 is 9.84 Å². The summed E-state index contributed by atoms with van der Waals surface area (Å²) in [5.41, 5.74) is 5.86. The molecule has 0 amide bonds. The molecule has 0 spiro atoms. The summed E-state index contributed by atoms with van der Waals surface area (Å²) >= 11 is 4.75. The molecule has 0 fully saturated rings. The van der Waals surface area contributed by atoms with Crippen molar-refractivity contribution in [1.29, 1.82) is 0 Å². The van der Waals surface area contributed by atoms with Gasteiger partial charge in [0.05, 0.1) is 6.61 Å². The smallest absolute Gasteiger partial charge is 0.316 e. The zero-order chi connectivity index (χ0) is 10.4. The molecule has 0 bridgehead atoms. The second-order valence-corrected chi connectivity index (χ2v) is 2.95. The maximum atomic E-state index is 8.53. The number of hydrogen-bond acceptors (Lipinski definition) is 5. The summed E-state index contributed by atoms with van der Waals surface area (Å²) in [5, 5.41) is 8.53. The molecule has 0 aliphatic heterocycles. The van der Waals surface area contributed by atoms with Crippen LogP contribution in [0.2, 0.25) is 0 Å². The minimum Gasteiger partial charge on any atom is -0.463 e. The quantitative estimate of drug-likeness (QED) is 0.524. The molecule has 0 atom stereocenters. The standard InChI is InChI=1S/C8H11N3O2S/c9-7(14)6-2-3-10-8(11-6)13-5-1-4-12/h2-3,12H,1,4-5H2,(H2,9,14). The van der Waals surface area contributed by atoms with Crippen LogP contribution < -0.4 is 10.5 Å². The minimum atomic E-state index is 0.0784. The first-order valence-corrected chi connectivity index (χ1v) is 4.51. The zero-order valence-corrected chi connectivity index (χ0v) is 8.33. The van der Waals surface area contributed by atoms with Gasteiger partial charge in [-0.25, -0.2) is 4.98 Å². The van der Waals surface area contributed by atoms with Crippen LogP contribution in [-0.2, 0) is 0 Å². The van der Waals surface area contributed by atoms with E-state index in [2.05, 4.69) is 9.97 Å². The van der Waals surface area contributed by atoms with Gasteiger partial charge in [0, 0.05) is 19.2 Å². The van der Waals surface area contributed by atoms with Crippen molar-refractivity contribution in [2.75, 3.05) is 13.2 Å². The second kappa shape index (κ2) is 5.46. The Balaban J connectivity index is 2.59. The molecule has 0 saturated carbocycles. The highest BCUT2D eigenvalue weighted by atomic mass is 32.1. The average molecular weight is 213 g/mol. The topological polar surface area (TPSA) is 81.3 Å². The van der Waals surface area contributed by atoms with Crippen LogP contribution in [0.5, 0.6) is 6.01 Å². The van der Waals surface area contributed by atoms with E-state index in [1.54, 1.807) is 6.07 Å². The van der Waals surface area contributed by atoms with Gasteiger partial charge in [-0.15, -0.1) is 0 Å². The third-order valence-electron chi connectivity index (χ3n) is 1.42. The first-order valence-electron chi connectivity index (χ1n) is 4.10. The molecule has 0 radical (unpaired) electrons. The number of thiocarbonyl (C=S) groups is 1. The van der Waals surface area contributed by atoms with Crippen molar-refractivity contribution >= 4 is 17.2 Å². The van der Waals surface area contributed by atoms with Gasteiger partial charge in [0.25, 0.3) is 0 Å². The molecule has 3 N–H and O–H groups in total. The minimum absolute atomic E-state index is 0.0784. The van der Waals surface area contributed by atoms with Crippen molar-refractivity contribution in [3.8, 4) is 6.01 Å². The summed E-state index contributed by atoms with van der Waals surface area (Å²) in [6, 6.07) is 1.84. The SMILES string of the molecule is NC(=S)c1ccnc(OCCCO)n1. The molecule has 0 unspecified atom stereocenters. The van der Waals surface area contributed by atoms with E-state index in [-0.39, 0.29) is 17.6 Å². The first-order chi connectivity index (χ1) is 6.74. The molecular formula is C8H11N3O2S. The molecule has 1 aromatic heterocycles. The zero-order valence-electron chi connectivity index (χ0n) is 7.51. The highest BCUT2D eigenvalue weighted by Crippen LogP contribution is 2.03. The van der Waals surface area contributed by atoms with Crippen LogP contribution in [-0.4, -0.2) is 33.3 Å². The Kier molecular flexibility index (Phi) is 4.21. The normalized spacial score (nSPS) is 9.79. The van der Waals surface area contributed by atoms with Crippen molar-refractivity contribution in [3.05, 3.63) is 18.0 Å². The average Bonchev–Trinajstić information content (AvgIpc) is 2.19. The summed E-state index contributed by atoms with van der Waals surface area (Å²) in [5.74, 6) is 0. The van der Waals surface area contributed by atoms with Gasteiger partial charge in [0.15, 0.2) is 0 Å². The number of aromatic nitrogens is 2. The van der Waals surface area contributed by atoms with Crippen molar-refractivity contribution in [1.82, 2.24) is 9.97 Å². The maximum Gasteiger partial charge on any atom is 0.316 e. The molecule has 0 aromatic carbocycles. The number of aliphatic hydroxyl groups is 1. The Bertz CT molecular complexity index is 319. The largest absolute Gasteiger partial charge is 0.463 e. The fraction of sp³-hybridized carbons (Fsp3) is 0.375. The fourth-order valence-corrected chi connectivity index (χ4v) is 0.889. The maximum absolute atomic E-state index is 8.53. The van der Waals surface area contributed by atoms with Crippen molar-refractivity contribution in [2.45, 2.75) is 6.42 Å². The van der Waals surface area contributed by atoms with Crippen LogP contribution in [0.4, 0.5) is 0 Å². The third kappa shape index (κ3) is 3.23. The molecule has 0 aliphatic carbocycles. The van der Waals surface area contributed by atoms with Gasteiger partial charge in [-0.2, -0.15) is 4.98 Å². The highest BCUT2D eigenvalue weighted by Gasteiger charge is 2.01. The number of nitrogens with two attached hydrogens (primary N) is 1. The first kappa shape index (κ1) is 10.8. The molecule has 14 heavy (non-hydrogen) atoms.